The third-order valence-electron chi connectivity index (χ3n) is 3.45. The lowest BCUT2D eigenvalue weighted by Gasteiger charge is -2.36. The van der Waals surface area contributed by atoms with E-state index in [4.69, 9.17) is 0 Å². The fourth-order valence-electron chi connectivity index (χ4n) is 1.94. The van der Waals surface area contributed by atoms with Gasteiger partial charge in [0.05, 0.1) is 10.5 Å². The number of benzene rings is 1. The average molecular weight is 283 g/mol. The normalized spacial score (nSPS) is 17.8. The number of ketones is 1. The molecule has 0 unspecified atom stereocenters. The minimum absolute atomic E-state index is 0.0315. The maximum atomic E-state index is 12.0. The van der Waals surface area contributed by atoms with Crippen LogP contribution in [0, 0.1) is 0 Å². The number of aliphatic hydroxyl groups is 1. The Morgan fingerprint density at radius 1 is 1.32 bits per heavy atom. The molecule has 6 heteroatoms. The minimum Gasteiger partial charge on any atom is -0.389 e. The average Bonchev–Trinajstić information content (AvgIpc) is 2.34. The summed E-state index contributed by atoms with van der Waals surface area (Å²) >= 11 is 0. The lowest BCUT2D eigenvalue weighted by Crippen LogP contribution is -2.47. The van der Waals surface area contributed by atoms with Crippen molar-refractivity contribution in [3.63, 3.8) is 0 Å². The smallest absolute Gasteiger partial charge is 0.240 e. The van der Waals surface area contributed by atoms with E-state index < -0.39 is 15.6 Å². The Morgan fingerprint density at radius 2 is 1.89 bits per heavy atom. The van der Waals surface area contributed by atoms with Gasteiger partial charge in [-0.3, -0.25) is 4.79 Å². The number of carbonyl (C=O) groups is 1. The molecule has 104 valence electrons. The lowest BCUT2D eigenvalue weighted by atomic mass is 9.81. The first-order valence-electron chi connectivity index (χ1n) is 6.15. The molecular formula is C13H17NO4S. The predicted molar refractivity (Wildman–Crippen MR) is 70.4 cm³/mol. The highest BCUT2D eigenvalue weighted by Crippen LogP contribution is 2.31. The molecule has 0 saturated heterocycles. The van der Waals surface area contributed by atoms with Crippen LogP contribution in [0.5, 0.6) is 0 Å². The first-order chi connectivity index (χ1) is 8.82. The summed E-state index contributed by atoms with van der Waals surface area (Å²) in [5, 5.41) is 9.87. The van der Waals surface area contributed by atoms with Gasteiger partial charge in [0.2, 0.25) is 10.0 Å². The van der Waals surface area contributed by atoms with E-state index in [0.717, 1.165) is 6.42 Å². The van der Waals surface area contributed by atoms with Crippen LogP contribution in [-0.4, -0.2) is 31.5 Å². The first-order valence-corrected chi connectivity index (χ1v) is 7.64. The maximum absolute atomic E-state index is 12.0. The molecule has 0 amide bonds. The molecule has 0 atom stereocenters. The maximum Gasteiger partial charge on any atom is 0.240 e. The van der Waals surface area contributed by atoms with Crippen LogP contribution in [0.3, 0.4) is 0 Å². The van der Waals surface area contributed by atoms with Gasteiger partial charge in [-0.25, -0.2) is 13.1 Å². The highest BCUT2D eigenvalue weighted by molar-refractivity contribution is 7.89. The third-order valence-corrected chi connectivity index (χ3v) is 4.86. The Kier molecular flexibility index (Phi) is 3.75. The minimum atomic E-state index is -3.63. The molecule has 1 aliphatic carbocycles. The largest absolute Gasteiger partial charge is 0.389 e. The summed E-state index contributed by atoms with van der Waals surface area (Å²) in [6, 6.07) is 5.75. The van der Waals surface area contributed by atoms with Crippen LogP contribution in [0.2, 0.25) is 0 Å². The van der Waals surface area contributed by atoms with Gasteiger partial charge in [-0.2, -0.15) is 0 Å². The number of carbonyl (C=O) groups excluding carboxylic acids is 1. The van der Waals surface area contributed by atoms with Crippen LogP contribution >= 0.6 is 0 Å². The van der Waals surface area contributed by atoms with E-state index in [1.54, 1.807) is 0 Å². The lowest BCUT2D eigenvalue weighted by molar-refractivity contribution is -0.0270. The van der Waals surface area contributed by atoms with Crippen LogP contribution < -0.4 is 4.72 Å². The van der Waals surface area contributed by atoms with E-state index >= 15 is 0 Å². The van der Waals surface area contributed by atoms with Gasteiger partial charge in [0, 0.05) is 12.1 Å². The molecule has 0 spiro atoms. The van der Waals surface area contributed by atoms with Crippen molar-refractivity contribution in [2.75, 3.05) is 6.54 Å². The van der Waals surface area contributed by atoms with Gasteiger partial charge in [0.25, 0.3) is 0 Å². The van der Waals surface area contributed by atoms with Crippen molar-refractivity contribution in [3.05, 3.63) is 29.8 Å². The van der Waals surface area contributed by atoms with Crippen molar-refractivity contribution >= 4 is 15.8 Å². The van der Waals surface area contributed by atoms with Gasteiger partial charge in [0.15, 0.2) is 5.78 Å². The van der Waals surface area contributed by atoms with Crippen molar-refractivity contribution in [2.24, 2.45) is 0 Å². The molecule has 1 aromatic carbocycles. The second-order valence-corrected chi connectivity index (χ2v) is 6.75. The van der Waals surface area contributed by atoms with E-state index in [1.165, 1.54) is 31.2 Å². The van der Waals surface area contributed by atoms with E-state index in [2.05, 4.69) is 4.72 Å². The highest BCUT2D eigenvalue weighted by atomic mass is 32.2. The summed E-state index contributed by atoms with van der Waals surface area (Å²) in [6.07, 6.45) is 2.17. The molecule has 0 heterocycles. The Morgan fingerprint density at radius 3 is 2.32 bits per heavy atom. The number of sulfonamides is 1. The number of Topliss-reactive ketones (excluding diaryl/α,β-unsaturated/α-hetero) is 1. The molecule has 2 rings (SSSR count). The second-order valence-electron chi connectivity index (χ2n) is 4.98. The quantitative estimate of drug-likeness (QED) is 0.792. The van der Waals surface area contributed by atoms with Crippen LogP contribution in [0.15, 0.2) is 29.2 Å². The highest BCUT2D eigenvalue weighted by Gasteiger charge is 2.35. The molecule has 0 aliphatic heterocycles. The molecule has 5 nitrogen and oxygen atoms in total. The summed E-state index contributed by atoms with van der Waals surface area (Å²) in [6.45, 7) is 1.46. The van der Waals surface area contributed by atoms with Crippen LogP contribution in [0.1, 0.15) is 36.5 Å². The number of hydrogen-bond donors (Lipinski definition) is 2. The zero-order valence-corrected chi connectivity index (χ0v) is 11.5. The van der Waals surface area contributed by atoms with E-state index in [-0.39, 0.29) is 17.2 Å². The van der Waals surface area contributed by atoms with Crippen molar-refractivity contribution < 1.29 is 18.3 Å². The monoisotopic (exact) mass is 283 g/mol. The van der Waals surface area contributed by atoms with Gasteiger partial charge < -0.3 is 5.11 Å². The first kappa shape index (κ1) is 14.2. The van der Waals surface area contributed by atoms with Gasteiger partial charge >= 0.3 is 0 Å². The Balaban J connectivity index is 2.08. The second kappa shape index (κ2) is 5.03. The molecule has 1 fully saturated rings. The van der Waals surface area contributed by atoms with Crippen LogP contribution in [0.25, 0.3) is 0 Å². The summed E-state index contributed by atoms with van der Waals surface area (Å²) in [5.41, 5.74) is -0.427. The summed E-state index contributed by atoms with van der Waals surface area (Å²) in [5.74, 6) is -0.110. The summed E-state index contributed by atoms with van der Waals surface area (Å²) in [4.78, 5) is 11.2. The van der Waals surface area contributed by atoms with Gasteiger partial charge in [-0.15, -0.1) is 0 Å². The van der Waals surface area contributed by atoms with E-state index in [1.807, 2.05) is 0 Å². The molecule has 0 radical (unpaired) electrons. The molecule has 2 N–H and O–H groups in total. The van der Waals surface area contributed by atoms with Gasteiger partial charge in [-0.1, -0.05) is 12.1 Å². The van der Waals surface area contributed by atoms with E-state index in [9.17, 15) is 18.3 Å². The topological polar surface area (TPSA) is 83.5 Å². The molecular weight excluding hydrogens is 266 g/mol. The van der Waals surface area contributed by atoms with Gasteiger partial charge in [0.1, 0.15) is 0 Å². The van der Waals surface area contributed by atoms with Crippen molar-refractivity contribution in [2.45, 2.75) is 36.7 Å². The standard InChI is InChI=1S/C13H17NO4S/c1-10(15)11-3-5-12(6-4-11)19(17,18)14-9-13(16)7-2-8-13/h3-6,14,16H,2,7-9H2,1H3. The molecule has 0 aromatic heterocycles. The van der Waals surface area contributed by atoms with Crippen LogP contribution in [-0.2, 0) is 10.0 Å². The Bertz CT molecular complexity index is 573. The van der Waals surface area contributed by atoms with Crippen molar-refractivity contribution in [3.8, 4) is 0 Å². The number of hydrogen-bond acceptors (Lipinski definition) is 4. The molecule has 1 aliphatic rings. The fraction of sp³-hybridized carbons (Fsp3) is 0.462. The zero-order valence-electron chi connectivity index (χ0n) is 10.7. The SMILES string of the molecule is CC(=O)c1ccc(S(=O)(=O)NCC2(O)CCC2)cc1. The molecule has 19 heavy (non-hydrogen) atoms. The predicted octanol–water partition coefficient (Wildman–Crippen LogP) is 1.08. The molecule has 0 bridgehead atoms. The van der Waals surface area contributed by atoms with E-state index in [0.29, 0.717) is 18.4 Å². The van der Waals surface area contributed by atoms with Gasteiger partial charge in [-0.05, 0) is 38.3 Å². The molecule has 1 saturated carbocycles. The molecule has 1 aromatic rings. The summed E-state index contributed by atoms with van der Waals surface area (Å²) < 4.78 is 26.4. The van der Waals surface area contributed by atoms with Crippen molar-refractivity contribution in [1.82, 2.24) is 4.72 Å². The summed E-state index contributed by atoms with van der Waals surface area (Å²) in [7, 11) is -3.63. The fourth-order valence-corrected chi connectivity index (χ4v) is 3.06. The number of nitrogens with one attached hydrogen (secondary N) is 1. The Labute approximate surface area is 112 Å². The third kappa shape index (κ3) is 3.20. The van der Waals surface area contributed by atoms with Crippen LogP contribution in [0.4, 0.5) is 0 Å². The Hall–Kier alpha value is -1.24. The zero-order chi connectivity index (χ0) is 14.1. The van der Waals surface area contributed by atoms with Crippen molar-refractivity contribution in [1.29, 1.82) is 0 Å². The number of rotatable bonds is 5.